The molecule has 3 aromatic rings. The van der Waals surface area contributed by atoms with Crippen LogP contribution in [0.15, 0.2) is 95.5 Å². The van der Waals surface area contributed by atoms with E-state index in [-0.39, 0.29) is 17.6 Å². The van der Waals surface area contributed by atoms with Crippen molar-refractivity contribution in [2.24, 2.45) is 0 Å². The van der Waals surface area contributed by atoms with Crippen molar-refractivity contribution in [3.8, 4) is 11.5 Å². The minimum absolute atomic E-state index is 0.0259. The van der Waals surface area contributed by atoms with Crippen LogP contribution in [0.4, 0.5) is 5.82 Å². The van der Waals surface area contributed by atoms with E-state index in [1.807, 2.05) is 61.5 Å². The fourth-order valence-corrected chi connectivity index (χ4v) is 5.23. The van der Waals surface area contributed by atoms with Crippen LogP contribution in [0.25, 0.3) is 0 Å². The summed E-state index contributed by atoms with van der Waals surface area (Å²) in [5, 5.41) is 6.32. The highest BCUT2D eigenvalue weighted by Gasteiger charge is 2.41. The van der Waals surface area contributed by atoms with Crippen molar-refractivity contribution in [1.29, 1.82) is 0 Å². The summed E-state index contributed by atoms with van der Waals surface area (Å²) in [6.45, 7) is 1.88. The average Bonchev–Trinajstić information content (AvgIpc) is 2.92. The quantitative estimate of drug-likeness (QED) is 0.495. The molecule has 0 saturated heterocycles. The fraction of sp³-hybridized carbons (Fsp3) is 0.233. The predicted octanol–water partition coefficient (Wildman–Crippen LogP) is 5.10. The number of ketones is 1. The number of aromatic nitrogens is 1. The summed E-state index contributed by atoms with van der Waals surface area (Å²) in [7, 11) is 3.24. The number of carbonyl (C=O) groups excluding carboxylic acids is 2. The van der Waals surface area contributed by atoms with Crippen molar-refractivity contribution >= 4 is 17.5 Å². The molecular weight excluding hydrogens is 466 g/mol. The van der Waals surface area contributed by atoms with Crippen molar-refractivity contribution in [2.45, 2.75) is 31.6 Å². The maximum absolute atomic E-state index is 13.8. The molecule has 1 aromatic heterocycles. The number of dihydropyridines is 1. The Morgan fingerprint density at radius 3 is 2.43 bits per heavy atom. The zero-order chi connectivity index (χ0) is 25.9. The molecule has 2 heterocycles. The largest absolute Gasteiger partial charge is 0.497 e. The summed E-state index contributed by atoms with van der Waals surface area (Å²) in [6.07, 6.45) is 2.65. The normalized spacial score (nSPS) is 19.2. The van der Waals surface area contributed by atoms with Gasteiger partial charge in [0.1, 0.15) is 17.3 Å². The first-order chi connectivity index (χ1) is 18.0. The number of carbonyl (C=O) groups is 2. The molecule has 7 nitrogen and oxygen atoms in total. The van der Waals surface area contributed by atoms with Gasteiger partial charge in [0.25, 0.3) is 5.91 Å². The second-order valence-corrected chi connectivity index (χ2v) is 9.24. The van der Waals surface area contributed by atoms with Crippen LogP contribution in [0.2, 0.25) is 0 Å². The number of nitrogens with zero attached hydrogens (tertiary/aromatic N) is 1. The number of hydrogen-bond acceptors (Lipinski definition) is 6. The van der Waals surface area contributed by atoms with Crippen LogP contribution in [0, 0.1) is 0 Å². The van der Waals surface area contributed by atoms with Crippen LogP contribution < -0.4 is 20.1 Å². The molecule has 2 aromatic carbocycles. The number of pyridine rings is 1. The van der Waals surface area contributed by atoms with Crippen molar-refractivity contribution in [3.63, 3.8) is 0 Å². The Hall–Kier alpha value is -4.39. The monoisotopic (exact) mass is 495 g/mol. The summed E-state index contributed by atoms with van der Waals surface area (Å²) in [6, 6.07) is 20.8. The number of allylic oxidation sites excluding steroid dienone is 3. The Morgan fingerprint density at radius 2 is 1.73 bits per heavy atom. The summed E-state index contributed by atoms with van der Waals surface area (Å²) < 4.78 is 10.8. The molecule has 2 atom stereocenters. The predicted molar refractivity (Wildman–Crippen MR) is 141 cm³/mol. The number of amides is 1. The summed E-state index contributed by atoms with van der Waals surface area (Å²) >= 11 is 0. The zero-order valence-corrected chi connectivity index (χ0v) is 21.1. The number of Topliss-reactive ketones (excluding diaryl/α,β-unsaturated/α-hetero) is 1. The Labute approximate surface area is 216 Å². The highest BCUT2D eigenvalue weighted by molar-refractivity contribution is 6.09. The van der Waals surface area contributed by atoms with Crippen LogP contribution in [0.1, 0.15) is 42.7 Å². The maximum atomic E-state index is 13.8. The Morgan fingerprint density at radius 1 is 0.946 bits per heavy atom. The van der Waals surface area contributed by atoms with Gasteiger partial charge in [0.2, 0.25) is 0 Å². The van der Waals surface area contributed by atoms with Crippen molar-refractivity contribution in [3.05, 3.63) is 107 Å². The maximum Gasteiger partial charge on any atom is 0.255 e. The van der Waals surface area contributed by atoms with Crippen LogP contribution in [0.3, 0.4) is 0 Å². The highest BCUT2D eigenvalue weighted by atomic mass is 16.5. The van der Waals surface area contributed by atoms with Gasteiger partial charge in [-0.3, -0.25) is 9.59 Å². The summed E-state index contributed by atoms with van der Waals surface area (Å²) in [4.78, 5) is 31.6. The van der Waals surface area contributed by atoms with Gasteiger partial charge in [-0.05, 0) is 66.8 Å². The van der Waals surface area contributed by atoms with E-state index in [0.29, 0.717) is 41.3 Å². The third-order valence-electron chi connectivity index (χ3n) is 6.99. The average molecular weight is 496 g/mol. The lowest BCUT2D eigenvalue weighted by molar-refractivity contribution is -0.116. The number of benzene rings is 2. The molecular formula is C30H29N3O4. The Bertz CT molecular complexity index is 1390. The Kier molecular flexibility index (Phi) is 6.77. The molecule has 188 valence electrons. The van der Waals surface area contributed by atoms with Crippen molar-refractivity contribution < 1.29 is 19.1 Å². The molecule has 2 N–H and O–H groups in total. The lowest BCUT2D eigenvalue weighted by Crippen LogP contribution is -2.37. The van der Waals surface area contributed by atoms with E-state index < -0.39 is 5.92 Å². The van der Waals surface area contributed by atoms with Gasteiger partial charge in [-0.15, -0.1) is 0 Å². The molecule has 0 fully saturated rings. The summed E-state index contributed by atoms with van der Waals surface area (Å²) in [5.74, 6) is 1.13. The number of hydrogen-bond donors (Lipinski definition) is 2. The number of methoxy groups -OCH3 is 2. The minimum Gasteiger partial charge on any atom is -0.497 e. The van der Waals surface area contributed by atoms with E-state index in [9.17, 15) is 9.59 Å². The third kappa shape index (κ3) is 4.85. The molecule has 0 saturated carbocycles. The molecule has 7 heteroatoms. The van der Waals surface area contributed by atoms with Gasteiger partial charge in [-0.1, -0.05) is 30.3 Å². The Balaban J connectivity index is 1.55. The van der Waals surface area contributed by atoms with Crippen LogP contribution in [0.5, 0.6) is 11.5 Å². The molecule has 5 rings (SSSR count). The van der Waals surface area contributed by atoms with Crippen molar-refractivity contribution in [1.82, 2.24) is 10.3 Å². The second-order valence-electron chi connectivity index (χ2n) is 9.24. The van der Waals surface area contributed by atoms with Gasteiger partial charge in [0.15, 0.2) is 5.78 Å². The van der Waals surface area contributed by atoms with E-state index >= 15 is 0 Å². The first kappa shape index (κ1) is 24.3. The van der Waals surface area contributed by atoms with E-state index in [0.717, 1.165) is 22.6 Å². The van der Waals surface area contributed by atoms with Gasteiger partial charge >= 0.3 is 0 Å². The molecule has 0 unspecified atom stereocenters. The van der Waals surface area contributed by atoms with E-state index in [2.05, 4.69) is 15.6 Å². The molecule has 1 amide bonds. The van der Waals surface area contributed by atoms with Crippen LogP contribution >= 0.6 is 0 Å². The minimum atomic E-state index is -0.528. The first-order valence-corrected chi connectivity index (χ1v) is 12.2. The van der Waals surface area contributed by atoms with Crippen molar-refractivity contribution in [2.75, 3.05) is 19.5 Å². The second kappa shape index (κ2) is 10.3. The lowest BCUT2D eigenvalue weighted by Gasteiger charge is -2.37. The van der Waals surface area contributed by atoms with Gasteiger partial charge in [-0.25, -0.2) is 4.98 Å². The van der Waals surface area contributed by atoms with Gasteiger partial charge in [0, 0.05) is 41.1 Å². The highest BCUT2D eigenvalue weighted by Crippen LogP contribution is 2.46. The van der Waals surface area contributed by atoms with Crippen LogP contribution in [-0.2, 0) is 9.59 Å². The fourth-order valence-electron chi connectivity index (χ4n) is 5.23. The van der Waals surface area contributed by atoms with Gasteiger partial charge in [-0.2, -0.15) is 0 Å². The number of ether oxygens (including phenoxy) is 2. The standard InChI is InChI=1S/C30H29N3O4/c1-18-27(30(35)33-26-9-4-5-14-31-26)28(20-7-6-8-23(15-20)37-3)29-24(32-18)16-21(17-25(29)34)19-10-12-22(36-2)13-11-19/h4-15,21,28,32H,16-17H2,1-3H3,(H,31,33,35)/t21-,28-/m1/s1. The zero-order valence-electron chi connectivity index (χ0n) is 21.1. The molecule has 1 aliphatic carbocycles. The smallest absolute Gasteiger partial charge is 0.255 e. The number of anilines is 1. The molecule has 2 aliphatic rings. The van der Waals surface area contributed by atoms with E-state index in [1.54, 1.807) is 32.5 Å². The topological polar surface area (TPSA) is 89.5 Å². The van der Waals surface area contributed by atoms with Gasteiger partial charge < -0.3 is 20.1 Å². The van der Waals surface area contributed by atoms with E-state index in [4.69, 9.17) is 9.47 Å². The van der Waals surface area contributed by atoms with Crippen LogP contribution in [-0.4, -0.2) is 30.9 Å². The third-order valence-corrected chi connectivity index (χ3v) is 6.99. The first-order valence-electron chi connectivity index (χ1n) is 12.2. The molecule has 37 heavy (non-hydrogen) atoms. The SMILES string of the molecule is COc1ccc([C@H]2CC(=O)C3=C(C2)NC(C)=C(C(=O)Nc2ccccn2)[C@H]3c2cccc(OC)c2)cc1. The number of rotatable bonds is 6. The molecule has 0 spiro atoms. The molecule has 0 bridgehead atoms. The lowest BCUT2D eigenvalue weighted by atomic mass is 9.71. The van der Waals surface area contributed by atoms with Gasteiger partial charge in [0.05, 0.1) is 14.2 Å². The summed E-state index contributed by atoms with van der Waals surface area (Å²) in [5.41, 5.74) is 4.61. The van der Waals surface area contributed by atoms with E-state index in [1.165, 1.54) is 0 Å². The molecule has 1 aliphatic heterocycles. The number of nitrogens with one attached hydrogen (secondary N) is 2. The molecule has 0 radical (unpaired) electrons.